The quantitative estimate of drug-likeness (QED) is 0.758. The van der Waals surface area contributed by atoms with Gasteiger partial charge in [-0.2, -0.15) is 0 Å². The summed E-state index contributed by atoms with van der Waals surface area (Å²) < 4.78 is 12.9. The molecule has 1 N–H and O–H groups in total. The average Bonchev–Trinajstić information content (AvgIpc) is 2.43. The number of hydrogen-bond donors (Lipinski definition) is 1. The van der Waals surface area contributed by atoms with Crippen molar-refractivity contribution in [1.82, 2.24) is 9.97 Å². The second-order valence-corrected chi connectivity index (χ2v) is 4.81. The molecule has 2 aromatic carbocycles. The third-order valence-electron chi connectivity index (χ3n) is 3.36. The first-order valence-electron chi connectivity index (χ1n) is 6.38. The van der Waals surface area contributed by atoms with Crippen LogP contribution in [0.4, 0.5) is 15.9 Å². The Kier molecular flexibility index (Phi) is 3.06. The molecular weight excluding hydrogens is 253 g/mol. The van der Waals surface area contributed by atoms with Crippen molar-refractivity contribution < 1.29 is 4.39 Å². The molecule has 20 heavy (non-hydrogen) atoms. The molecule has 3 aromatic rings. The van der Waals surface area contributed by atoms with Crippen molar-refractivity contribution in [2.24, 2.45) is 0 Å². The summed E-state index contributed by atoms with van der Waals surface area (Å²) in [4.78, 5) is 8.57. The highest BCUT2D eigenvalue weighted by molar-refractivity contribution is 5.91. The number of hydrogen-bond acceptors (Lipinski definition) is 3. The highest BCUT2D eigenvalue weighted by Crippen LogP contribution is 2.25. The summed E-state index contributed by atoms with van der Waals surface area (Å²) in [6, 6.07) is 10.3. The van der Waals surface area contributed by atoms with Crippen LogP contribution in [0, 0.1) is 19.7 Å². The van der Waals surface area contributed by atoms with Gasteiger partial charge in [-0.1, -0.05) is 0 Å². The third-order valence-corrected chi connectivity index (χ3v) is 3.36. The molecule has 0 atom stereocenters. The molecule has 1 aromatic heterocycles. The van der Waals surface area contributed by atoms with E-state index < -0.39 is 0 Å². The van der Waals surface area contributed by atoms with Crippen LogP contribution in [0.5, 0.6) is 0 Å². The molecule has 0 radical (unpaired) electrons. The second kappa shape index (κ2) is 4.89. The molecular formula is C16H14FN3. The van der Waals surface area contributed by atoms with Crippen molar-refractivity contribution in [2.75, 3.05) is 5.32 Å². The molecule has 0 unspecified atom stereocenters. The predicted molar refractivity (Wildman–Crippen MR) is 78.7 cm³/mol. The molecule has 0 bridgehead atoms. The van der Waals surface area contributed by atoms with Gasteiger partial charge in [0.2, 0.25) is 0 Å². The monoisotopic (exact) mass is 267 g/mol. The van der Waals surface area contributed by atoms with Crippen molar-refractivity contribution >= 4 is 22.4 Å². The fraction of sp³-hybridized carbons (Fsp3) is 0.125. The van der Waals surface area contributed by atoms with Crippen LogP contribution >= 0.6 is 0 Å². The second-order valence-electron chi connectivity index (χ2n) is 4.81. The predicted octanol–water partition coefficient (Wildman–Crippen LogP) is 4.13. The molecule has 0 spiro atoms. The van der Waals surface area contributed by atoms with Crippen LogP contribution in [0.3, 0.4) is 0 Å². The maximum absolute atomic E-state index is 12.9. The standard InChI is InChI=1S/C16H14FN3/c1-10-7-14-15(8-11(10)2)18-9-19-16(14)20-13-5-3-12(17)4-6-13/h3-9H,1-2H3,(H,18,19,20). The summed E-state index contributed by atoms with van der Waals surface area (Å²) >= 11 is 0. The van der Waals surface area contributed by atoms with Crippen molar-refractivity contribution in [3.8, 4) is 0 Å². The van der Waals surface area contributed by atoms with E-state index in [1.165, 1.54) is 29.6 Å². The van der Waals surface area contributed by atoms with E-state index in [0.717, 1.165) is 22.4 Å². The summed E-state index contributed by atoms with van der Waals surface area (Å²) in [6.45, 7) is 4.12. The van der Waals surface area contributed by atoms with Gasteiger partial charge in [0.15, 0.2) is 0 Å². The number of anilines is 2. The third kappa shape index (κ3) is 2.32. The molecule has 0 aliphatic rings. The zero-order valence-corrected chi connectivity index (χ0v) is 11.3. The van der Waals surface area contributed by atoms with E-state index in [9.17, 15) is 4.39 Å². The molecule has 0 saturated carbocycles. The lowest BCUT2D eigenvalue weighted by Gasteiger charge is -2.10. The van der Waals surface area contributed by atoms with Crippen molar-refractivity contribution in [2.45, 2.75) is 13.8 Å². The lowest BCUT2D eigenvalue weighted by Crippen LogP contribution is -1.97. The van der Waals surface area contributed by atoms with E-state index in [0.29, 0.717) is 0 Å². The Hall–Kier alpha value is -2.49. The topological polar surface area (TPSA) is 37.8 Å². The minimum absolute atomic E-state index is 0.255. The SMILES string of the molecule is Cc1cc2ncnc(Nc3ccc(F)cc3)c2cc1C. The van der Waals surface area contributed by atoms with Crippen molar-refractivity contribution in [3.63, 3.8) is 0 Å². The number of fused-ring (bicyclic) bond motifs is 1. The molecule has 0 aliphatic heterocycles. The highest BCUT2D eigenvalue weighted by atomic mass is 19.1. The van der Waals surface area contributed by atoms with Gasteiger partial charge >= 0.3 is 0 Å². The van der Waals surface area contributed by atoms with E-state index in [2.05, 4.69) is 35.2 Å². The van der Waals surface area contributed by atoms with E-state index in [1.807, 2.05) is 6.07 Å². The Labute approximate surface area is 116 Å². The first-order valence-corrected chi connectivity index (χ1v) is 6.38. The Morgan fingerprint density at radius 1 is 0.950 bits per heavy atom. The van der Waals surface area contributed by atoms with Crippen LogP contribution in [0.25, 0.3) is 10.9 Å². The van der Waals surface area contributed by atoms with Gasteiger partial charge in [-0.05, 0) is 61.4 Å². The number of halogens is 1. The van der Waals surface area contributed by atoms with Crippen LogP contribution in [-0.2, 0) is 0 Å². The van der Waals surface area contributed by atoms with Crippen LogP contribution in [0.1, 0.15) is 11.1 Å². The molecule has 0 aliphatic carbocycles. The first kappa shape index (κ1) is 12.5. The normalized spacial score (nSPS) is 10.8. The summed E-state index contributed by atoms with van der Waals surface area (Å²) in [6.07, 6.45) is 1.53. The van der Waals surface area contributed by atoms with Crippen LogP contribution in [0.2, 0.25) is 0 Å². The fourth-order valence-electron chi connectivity index (χ4n) is 2.09. The zero-order valence-electron chi connectivity index (χ0n) is 11.3. The van der Waals surface area contributed by atoms with Gasteiger partial charge in [-0.15, -0.1) is 0 Å². The smallest absolute Gasteiger partial charge is 0.141 e. The van der Waals surface area contributed by atoms with E-state index in [4.69, 9.17) is 0 Å². The van der Waals surface area contributed by atoms with Crippen LogP contribution < -0.4 is 5.32 Å². The molecule has 3 nitrogen and oxygen atoms in total. The average molecular weight is 267 g/mol. The largest absolute Gasteiger partial charge is 0.340 e. The fourth-order valence-corrected chi connectivity index (χ4v) is 2.09. The van der Waals surface area contributed by atoms with Crippen molar-refractivity contribution in [1.29, 1.82) is 0 Å². The van der Waals surface area contributed by atoms with Crippen molar-refractivity contribution in [3.05, 3.63) is 59.7 Å². The Bertz CT molecular complexity index is 767. The van der Waals surface area contributed by atoms with Gasteiger partial charge in [0.05, 0.1) is 5.52 Å². The molecule has 3 rings (SSSR count). The number of benzene rings is 2. The van der Waals surface area contributed by atoms with Gasteiger partial charge in [-0.3, -0.25) is 0 Å². The minimum atomic E-state index is -0.255. The minimum Gasteiger partial charge on any atom is -0.340 e. The van der Waals surface area contributed by atoms with Gasteiger partial charge in [0.1, 0.15) is 18.0 Å². The summed E-state index contributed by atoms with van der Waals surface area (Å²) in [5.74, 6) is 0.472. The summed E-state index contributed by atoms with van der Waals surface area (Å²) in [7, 11) is 0. The maximum Gasteiger partial charge on any atom is 0.141 e. The molecule has 4 heteroatoms. The number of aryl methyl sites for hydroxylation is 2. The number of rotatable bonds is 2. The molecule has 0 saturated heterocycles. The number of nitrogens with zero attached hydrogens (tertiary/aromatic N) is 2. The molecule has 0 amide bonds. The number of aromatic nitrogens is 2. The zero-order chi connectivity index (χ0) is 14.1. The Morgan fingerprint density at radius 2 is 1.65 bits per heavy atom. The highest BCUT2D eigenvalue weighted by Gasteiger charge is 2.06. The van der Waals surface area contributed by atoms with E-state index in [-0.39, 0.29) is 5.82 Å². The number of nitrogens with one attached hydrogen (secondary N) is 1. The molecule has 100 valence electrons. The lowest BCUT2D eigenvalue weighted by molar-refractivity contribution is 0.628. The molecule has 0 fully saturated rings. The van der Waals surface area contributed by atoms with E-state index in [1.54, 1.807) is 12.1 Å². The first-order chi connectivity index (χ1) is 9.63. The van der Waals surface area contributed by atoms with Gasteiger partial charge in [0, 0.05) is 11.1 Å². The Balaban J connectivity index is 2.07. The van der Waals surface area contributed by atoms with Gasteiger partial charge in [0.25, 0.3) is 0 Å². The van der Waals surface area contributed by atoms with Crippen LogP contribution in [0.15, 0.2) is 42.7 Å². The summed E-state index contributed by atoms with van der Waals surface area (Å²) in [5, 5.41) is 4.16. The van der Waals surface area contributed by atoms with E-state index >= 15 is 0 Å². The maximum atomic E-state index is 12.9. The molecule has 1 heterocycles. The lowest BCUT2D eigenvalue weighted by atomic mass is 10.1. The van der Waals surface area contributed by atoms with Gasteiger partial charge in [-0.25, -0.2) is 14.4 Å². The van der Waals surface area contributed by atoms with Crippen LogP contribution in [-0.4, -0.2) is 9.97 Å². The van der Waals surface area contributed by atoms with Gasteiger partial charge < -0.3 is 5.32 Å². The Morgan fingerprint density at radius 3 is 2.40 bits per heavy atom. The summed E-state index contributed by atoms with van der Waals surface area (Å²) in [5.41, 5.74) is 4.08.